The van der Waals surface area contributed by atoms with E-state index in [2.05, 4.69) is 5.32 Å². The number of hydrogen-bond donors (Lipinski definition) is 1. The van der Waals surface area contributed by atoms with Gasteiger partial charge in [-0.15, -0.1) is 0 Å². The molecule has 0 unspecified atom stereocenters. The molecular formula is C19H22N2O3. The van der Waals surface area contributed by atoms with Crippen molar-refractivity contribution >= 4 is 23.8 Å². The number of carbonyl (C=O) groups excluding carboxylic acids is 3. The molecule has 0 saturated carbocycles. The Morgan fingerprint density at radius 2 is 1.71 bits per heavy atom. The minimum absolute atomic E-state index is 0.0164. The fraction of sp³-hybridized carbons (Fsp3) is 0.316. The number of rotatable bonds is 9. The van der Waals surface area contributed by atoms with Crippen molar-refractivity contribution < 1.29 is 14.4 Å². The number of nitrogens with zero attached hydrogens (tertiary/aromatic N) is 1. The fourth-order valence-corrected chi connectivity index (χ4v) is 2.40. The number of nitrogens with one attached hydrogen (secondary N) is 1. The molecular weight excluding hydrogens is 304 g/mol. The third kappa shape index (κ3) is 5.83. The third-order valence-electron chi connectivity index (χ3n) is 3.71. The number of amides is 3. The monoisotopic (exact) mass is 326 g/mol. The van der Waals surface area contributed by atoms with Gasteiger partial charge in [-0.3, -0.25) is 19.3 Å². The summed E-state index contributed by atoms with van der Waals surface area (Å²) in [4.78, 5) is 35.6. The van der Waals surface area contributed by atoms with Gasteiger partial charge in [0.25, 0.3) is 11.8 Å². The molecule has 5 heteroatoms. The number of imide groups is 1. The summed E-state index contributed by atoms with van der Waals surface area (Å²) in [6, 6.07) is 9.91. The van der Waals surface area contributed by atoms with Gasteiger partial charge in [0.2, 0.25) is 5.91 Å². The second kappa shape index (κ2) is 9.45. The van der Waals surface area contributed by atoms with Gasteiger partial charge in [0.05, 0.1) is 0 Å². The van der Waals surface area contributed by atoms with Gasteiger partial charge in [0, 0.05) is 31.7 Å². The topological polar surface area (TPSA) is 66.5 Å². The second-order valence-corrected chi connectivity index (χ2v) is 5.59. The summed E-state index contributed by atoms with van der Waals surface area (Å²) in [6.45, 7) is 0.933. The van der Waals surface area contributed by atoms with E-state index in [4.69, 9.17) is 0 Å². The third-order valence-corrected chi connectivity index (χ3v) is 3.71. The minimum atomic E-state index is -0.247. The predicted molar refractivity (Wildman–Crippen MR) is 92.8 cm³/mol. The van der Waals surface area contributed by atoms with Crippen molar-refractivity contribution in [1.29, 1.82) is 0 Å². The number of unbranched alkanes of at least 4 members (excludes halogenated alkanes) is 2. The van der Waals surface area contributed by atoms with Crippen LogP contribution >= 0.6 is 0 Å². The molecule has 1 aliphatic rings. The smallest absolute Gasteiger partial charge is 0.253 e. The molecule has 1 aromatic carbocycles. The number of carbonyl (C=O) groups is 3. The van der Waals surface area contributed by atoms with Crippen LogP contribution in [0.3, 0.4) is 0 Å². The van der Waals surface area contributed by atoms with E-state index in [0.29, 0.717) is 19.5 Å². The quantitative estimate of drug-likeness (QED) is 0.559. The average molecular weight is 326 g/mol. The van der Waals surface area contributed by atoms with Gasteiger partial charge in [-0.2, -0.15) is 0 Å². The molecule has 1 aromatic rings. The van der Waals surface area contributed by atoms with Crippen molar-refractivity contribution in [3.05, 3.63) is 54.1 Å². The Morgan fingerprint density at radius 1 is 1.00 bits per heavy atom. The van der Waals surface area contributed by atoms with E-state index in [-0.39, 0.29) is 17.7 Å². The lowest BCUT2D eigenvalue weighted by atomic mass is 10.2. The first kappa shape index (κ1) is 17.7. The summed E-state index contributed by atoms with van der Waals surface area (Å²) in [5.74, 6) is -0.478. The number of benzene rings is 1. The summed E-state index contributed by atoms with van der Waals surface area (Å²) in [5, 5.41) is 2.84. The first-order valence-electron chi connectivity index (χ1n) is 8.18. The van der Waals surface area contributed by atoms with E-state index >= 15 is 0 Å². The van der Waals surface area contributed by atoms with Crippen LogP contribution in [-0.4, -0.2) is 35.7 Å². The molecule has 0 aromatic heterocycles. The largest absolute Gasteiger partial charge is 0.353 e. The van der Waals surface area contributed by atoms with Crippen molar-refractivity contribution in [3.8, 4) is 0 Å². The van der Waals surface area contributed by atoms with E-state index in [0.717, 1.165) is 24.8 Å². The van der Waals surface area contributed by atoms with E-state index in [1.54, 1.807) is 0 Å². The predicted octanol–water partition coefficient (Wildman–Crippen LogP) is 2.30. The van der Waals surface area contributed by atoms with Crippen LogP contribution in [0.5, 0.6) is 0 Å². The van der Waals surface area contributed by atoms with Gasteiger partial charge in [0.1, 0.15) is 0 Å². The van der Waals surface area contributed by atoms with Crippen LogP contribution in [-0.2, 0) is 14.4 Å². The molecule has 1 heterocycles. The van der Waals surface area contributed by atoms with E-state index in [1.807, 2.05) is 42.5 Å². The maximum Gasteiger partial charge on any atom is 0.253 e. The molecule has 1 aliphatic heterocycles. The molecule has 0 atom stereocenters. The molecule has 0 spiro atoms. The first-order valence-corrected chi connectivity index (χ1v) is 8.18. The summed E-state index contributed by atoms with van der Waals surface area (Å²) in [5.41, 5.74) is 1.10. The minimum Gasteiger partial charge on any atom is -0.353 e. The molecule has 1 N–H and O–H groups in total. The molecule has 3 amide bonds. The normalized spacial score (nSPS) is 13.9. The van der Waals surface area contributed by atoms with E-state index in [9.17, 15) is 14.4 Å². The SMILES string of the molecule is O=C(CCCCCN1C(=O)C=CC1=O)NC/C=C/c1ccccc1. The van der Waals surface area contributed by atoms with Crippen molar-refractivity contribution in [1.82, 2.24) is 10.2 Å². The van der Waals surface area contributed by atoms with Gasteiger partial charge in [0.15, 0.2) is 0 Å². The Hall–Kier alpha value is -2.69. The highest BCUT2D eigenvalue weighted by Crippen LogP contribution is 2.07. The summed E-state index contributed by atoms with van der Waals surface area (Å²) in [6.07, 6.45) is 9.21. The Balaban J connectivity index is 1.51. The van der Waals surface area contributed by atoms with Crippen LogP contribution in [0, 0.1) is 0 Å². The second-order valence-electron chi connectivity index (χ2n) is 5.59. The maximum atomic E-state index is 11.7. The van der Waals surface area contributed by atoms with Crippen LogP contribution in [0.2, 0.25) is 0 Å². The van der Waals surface area contributed by atoms with Crippen molar-refractivity contribution in [2.24, 2.45) is 0 Å². The van der Waals surface area contributed by atoms with Crippen LogP contribution in [0.25, 0.3) is 6.08 Å². The summed E-state index contributed by atoms with van der Waals surface area (Å²) < 4.78 is 0. The first-order chi connectivity index (χ1) is 11.7. The number of hydrogen-bond acceptors (Lipinski definition) is 3. The van der Waals surface area contributed by atoms with E-state index in [1.165, 1.54) is 17.1 Å². The van der Waals surface area contributed by atoms with Crippen LogP contribution < -0.4 is 5.32 Å². The fourth-order valence-electron chi connectivity index (χ4n) is 2.40. The Morgan fingerprint density at radius 3 is 2.42 bits per heavy atom. The highest BCUT2D eigenvalue weighted by atomic mass is 16.2. The molecule has 126 valence electrons. The lowest BCUT2D eigenvalue weighted by Crippen LogP contribution is -2.30. The molecule has 0 saturated heterocycles. The van der Waals surface area contributed by atoms with Gasteiger partial charge in [-0.05, 0) is 18.4 Å². The molecule has 0 fully saturated rings. The van der Waals surface area contributed by atoms with Crippen molar-refractivity contribution in [2.45, 2.75) is 25.7 Å². The Bertz CT molecular complexity index is 617. The molecule has 0 aliphatic carbocycles. The van der Waals surface area contributed by atoms with Crippen molar-refractivity contribution in [2.75, 3.05) is 13.1 Å². The molecule has 0 bridgehead atoms. The zero-order valence-corrected chi connectivity index (χ0v) is 13.6. The lowest BCUT2D eigenvalue weighted by Gasteiger charge is -2.12. The van der Waals surface area contributed by atoms with E-state index < -0.39 is 0 Å². The molecule has 2 rings (SSSR count). The Kier molecular flexibility index (Phi) is 6.95. The molecule has 24 heavy (non-hydrogen) atoms. The molecule has 0 radical (unpaired) electrons. The maximum absolute atomic E-state index is 11.7. The Labute approximate surface area is 142 Å². The standard InChI is InChI=1S/C19H22N2O3/c22-17(20-14-7-10-16-8-3-1-4-9-16)11-5-2-6-15-21-18(23)12-13-19(21)24/h1,3-4,7-10,12-13H,2,5-6,11,14-15H2,(H,20,22)/b10-7+. The lowest BCUT2D eigenvalue weighted by molar-refractivity contribution is -0.136. The van der Waals surface area contributed by atoms with Crippen LogP contribution in [0.15, 0.2) is 48.6 Å². The van der Waals surface area contributed by atoms with Crippen LogP contribution in [0.1, 0.15) is 31.2 Å². The molecule has 5 nitrogen and oxygen atoms in total. The van der Waals surface area contributed by atoms with Crippen molar-refractivity contribution in [3.63, 3.8) is 0 Å². The highest BCUT2D eigenvalue weighted by Gasteiger charge is 2.22. The van der Waals surface area contributed by atoms with Gasteiger partial charge >= 0.3 is 0 Å². The zero-order chi connectivity index (χ0) is 17.2. The summed E-state index contributed by atoms with van der Waals surface area (Å²) in [7, 11) is 0. The van der Waals surface area contributed by atoms with Gasteiger partial charge < -0.3 is 5.32 Å². The zero-order valence-electron chi connectivity index (χ0n) is 13.6. The highest BCUT2D eigenvalue weighted by molar-refractivity contribution is 6.12. The average Bonchev–Trinajstić information content (AvgIpc) is 2.91. The van der Waals surface area contributed by atoms with Crippen LogP contribution in [0.4, 0.5) is 0 Å². The van der Waals surface area contributed by atoms with Gasteiger partial charge in [-0.1, -0.05) is 48.9 Å². The van der Waals surface area contributed by atoms with Gasteiger partial charge in [-0.25, -0.2) is 0 Å². The summed E-state index contributed by atoms with van der Waals surface area (Å²) >= 11 is 0.